The lowest BCUT2D eigenvalue weighted by atomic mass is 9.57. The zero-order valence-electron chi connectivity index (χ0n) is 27.2. The first-order chi connectivity index (χ1) is 21.6. The molecule has 1 saturated carbocycles. The summed E-state index contributed by atoms with van der Waals surface area (Å²) in [6, 6.07) is 0.466. The normalized spacial score (nSPS) is 26.3. The lowest BCUT2D eigenvalue weighted by molar-refractivity contribution is -0.153. The number of phenols is 1. The number of carbonyl (C=O) groups is 4. The Morgan fingerprint density at radius 1 is 1.04 bits per heavy atom. The number of anilines is 2. The molecule has 4 aliphatic rings. The van der Waals surface area contributed by atoms with Gasteiger partial charge in [-0.3, -0.25) is 29.0 Å². The van der Waals surface area contributed by atoms with E-state index in [1.807, 2.05) is 4.90 Å². The highest BCUT2D eigenvalue weighted by Gasteiger charge is 2.64. The van der Waals surface area contributed by atoms with Gasteiger partial charge in [-0.05, 0) is 84.5 Å². The maximum Gasteiger partial charge on any atom is 0.259 e. The average molecular weight is 641 g/mol. The number of aliphatic hydroxyl groups excluding tert-OH is 2. The van der Waals surface area contributed by atoms with Crippen LogP contribution in [0.3, 0.4) is 0 Å². The van der Waals surface area contributed by atoms with E-state index in [9.17, 15) is 39.6 Å². The minimum absolute atomic E-state index is 0.0113. The van der Waals surface area contributed by atoms with Crippen molar-refractivity contribution >= 4 is 40.5 Å². The third-order valence-corrected chi connectivity index (χ3v) is 9.56. The molecule has 1 aromatic rings. The van der Waals surface area contributed by atoms with Gasteiger partial charge in [-0.15, -0.1) is 0 Å². The van der Waals surface area contributed by atoms with Gasteiger partial charge < -0.3 is 40.9 Å². The molecule has 0 radical (unpaired) electrons. The summed E-state index contributed by atoms with van der Waals surface area (Å²) in [4.78, 5) is 61.1. The molecular weight excluding hydrogens is 596 g/mol. The molecule has 2 amide bonds. The molecule has 4 atom stereocenters. The largest absolute Gasteiger partial charge is 0.508 e. The van der Waals surface area contributed by atoms with E-state index in [1.54, 1.807) is 58.2 Å². The zero-order chi connectivity index (χ0) is 33.8. The molecule has 0 bridgehead atoms. The number of hydrogen-bond acceptors (Lipinski definition) is 12. The highest BCUT2D eigenvalue weighted by atomic mass is 16.3. The van der Waals surface area contributed by atoms with Crippen LogP contribution >= 0.6 is 0 Å². The van der Waals surface area contributed by atoms with Gasteiger partial charge in [0.05, 0.1) is 30.5 Å². The predicted octanol–water partition coefficient (Wildman–Crippen LogP) is 0.214. The molecule has 250 valence electrons. The van der Waals surface area contributed by atoms with Crippen LogP contribution in [0.15, 0.2) is 23.0 Å². The Hall–Kier alpha value is -3.98. The zero-order valence-corrected chi connectivity index (χ0v) is 27.2. The lowest BCUT2D eigenvalue weighted by Gasteiger charge is -2.50. The molecule has 1 aromatic carbocycles. The van der Waals surface area contributed by atoms with Crippen molar-refractivity contribution in [2.24, 2.45) is 11.8 Å². The summed E-state index contributed by atoms with van der Waals surface area (Å²) in [5.41, 5.74) is -2.57. The lowest BCUT2D eigenvalue weighted by Crippen LogP contribution is -2.66. The molecule has 3 aliphatic carbocycles. The first-order valence-electron chi connectivity index (χ1n) is 15.5. The van der Waals surface area contributed by atoms with Crippen molar-refractivity contribution in [1.82, 2.24) is 20.0 Å². The number of likely N-dealkylation sites (tertiary alicyclic amines) is 1. The minimum atomic E-state index is -2.70. The molecule has 1 heterocycles. The van der Waals surface area contributed by atoms with E-state index in [-0.39, 0.29) is 42.9 Å². The van der Waals surface area contributed by atoms with Crippen LogP contribution in [0.4, 0.5) is 11.4 Å². The Morgan fingerprint density at radius 2 is 1.70 bits per heavy atom. The maximum absolute atomic E-state index is 14.4. The van der Waals surface area contributed by atoms with E-state index in [1.165, 1.54) is 4.90 Å². The molecular formula is C32H44N6O8. The monoisotopic (exact) mass is 640 g/mol. The summed E-state index contributed by atoms with van der Waals surface area (Å²) in [5, 5.41) is 52.0. The van der Waals surface area contributed by atoms with Crippen molar-refractivity contribution in [2.45, 2.75) is 37.3 Å². The number of nitrogens with one attached hydrogen (secondary N) is 2. The molecule has 0 aromatic heterocycles. The van der Waals surface area contributed by atoms with Gasteiger partial charge in [0.25, 0.3) is 5.91 Å². The van der Waals surface area contributed by atoms with Gasteiger partial charge in [0.2, 0.25) is 11.7 Å². The summed E-state index contributed by atoms with van der Waals surface area (Å²) in [7, 11) is 10.2. The van der Waals surface area contributed by atoms with E-state index in [4.69, 9.17) is 0 Å². The second-order valence-electron chi connectivity index (χ2n) is 13.4. The highest BCUT2D eigenvalue weighted by Crippen LogP contribution is 2.54. The van der Waals surface area contributed by atoms with Crippen molar-refractivity contribution in [3.05, 3.63) is 34.1 Å². The van der Waals surface area contributed by atoms with Crippen molar-refractivity contribution in [3.8, 4) is 5.75 Å². The van der Waals surface area contributed by atoms with Gasteiger partial charge in [-0.1, -0.05) is 0 Å². The Morgan fingerprint density at radius 3 is 2.28 bits per heavy atom. The average Bonchev–Trinajstić information content (AvgIpc) is 3.48. The van der Waals surface area contributed by atoms with Crippen LogP contribution in [0.2, 0.25) is 0 Å². The van der Waals surface area contributed by atoms with Crippen LogP contribution in [0.5, 0.6) is 5.75 Å². The number of aromatic hydroxyl groups is 1. The third-order valence-electron chi connectivity index (χ3n) is 9.56. The fourth-order valence-corrected chi connectivity index (χ4v) is 7.46. The van der Waals surface area contributed by atoms with Gasteiger partial charge in [0.1, 0.15) is 22.8 Å². The molecule has 14 nitrogen and oxygen atoms in total. The summed E-state index contributed by atoms with van der Waals surface area (Å²) in [6.45, 7) is 1.70. The topological polar surface area (TPSA) is 186 Å². The minimum Gasteiger partial charge on any atom is -0.508 e. The number of phenolic OH excluding ortho intramolecular Hbond substituents is 1. The quantitative estimate of drug-likeness (QED) is 0.168. The Labute approximate surface area is 267 Å². The Bertz CT molecular complexity index is 1540. The fourth-order valence-electron chi connectivity index (χ4n) is 7.46. The van der Waals surface area contributed by atoms with Crippen LogP contribution < -0.4 is 15.5 Å². The van der Waals surface area contributed by atoms with Crippen molar-refractivity contribution in [2.75, 3.05) is 78.8 Å². The Kier molecular flexibility index (Phi) is 8.94. The van der Waals surface area contributed by atoms with E-state index in [2.05, 4.69) is 10.6 Å². The van der Waals surface area contributed by atoms with Crippen LogP contribution in [0.1, 0.15) is 30.4 Å². The number of amides is 2. The number of hydrogen-bond donors (Lipinski definition) is 6. The summed E-state index contributed by atoms with van der Waals surface area (Å²) < 4.78 is 0. The first kappa shape index (κ1) is 33.4. The molecule has 6 N–H and O–H groups in total. The number of carbonyl (C=O) groups excluding carboxylic acids is 4. The SMILES string of the molecule is CN(C)CC(=O)Nc1cc(N(C)C)c2c(c1O)C(O)=C1C(=O)C3(O)C(O)=C(C(=O)NCN4CCCC4)C(=O)[C@@H](N(C)C)C3CC1C2. The number of nitrogens with zero attached hydrogens (tertiary/aromatic N) is 4. The van der Waals surface area contributed by atoms with Crippen molar-refractivity contribution in [1.29, 1.82) is 0 Å². The molecule has 5 rings (SSSR count). The highest BCUT2D eigenvalue weighted by molar-refractivity contribution is 6.25. The summed E-state index contributed by atoms with van der Waals surface area (Å²) in [6.07, 6.45) is 2.11. The number of Topliss-reactive ketones (excluding diaryl/α,β-unsaturated/α-hetero) is 2. The molecule has 1 saturated heterocycles. The predicted molar refractivity (Wildman–Crippen MR) is 170 cm³/mol. The Balaban J connectivity index is 1.62. The molecule has 2 fully saturated rings. The molecule has 3 unspecified atom stereocenters. The van der Waals surface area contributed by atoms with E-state index < -0.39 is 69.7 Å². The molecule has 0 spiro atoms. The fraction of sp³-hybridized carbons (Fsp3) is 0.562. The van der Waals surface area contributed by atoms with E-state index in [0.717, 1.165) is 25.9 Å². The standard InChI is InChI=1S/C32H44N6O8/c1-35(2)14-21(39)34-19-13-20(36(3)4)17-11-16-12-18-25(37(5)6)28(42)24(31(45)33-15-38-9-7-8-10-38)30(44)32(18,46)29(43)22(16)27(41)23(17)26(19)40/h13,16,18,25,40-41,44,46H,7-12,14-15H2,1-6H3,(H,33,45)(H,34,39)/t16?,18?,25-,32?/m0/s1. The van der Waals surface area contributed by atoms with Gasteiger partial charge in [0, 0.05) is 31.3 Å². The number of ketones is 2. The molecule has 14 heteroatoms. The van der Waals surface area contributed by atoms with E-state index >= 15 is 0 Å². The van der Waals surface area contributed by atoms with Gasteiger partial charge >= 0.3 is 0 Å². The van der Waals surface area contributed by atoms with Gasteiger partial charge in [0.15, 0.2) is 11.4 Å². The summed E-state index contributed by atoms with van der Waals surface area (Å²) >= 11 is 0. The number of aliphatic hydroxyl groups is 3. The van der Waals surface area contributed by atoms with Crippen LogP contribution in [-0.2, 0) is 25.6 Å². The summed E-state index contributed by atoms with van der Waals surface area (Å²) in [5.74, 6) is -6.99. The van der Waals surface area contributed by atoms with Gasteiger partial charge in [-0.2, -0.15) is 0 Å². The third kappa shape index (κ3) is 5.42. The van der Waals surface area contributed by atoms with Crippen LogP contribution in [0, 0.1) is 11.8 Å². The molecule has 46 heavy (non-hydrogen) atoms. The van der Waals surface area contributed by atoms with Gasteiger partial charge in [-0.25, -0.2) is 0 Å². The maximum atomic E-state index is 14.4. The van der Waals surface area contributed by atoms with Crippen LogP contribution in [0.25, 0.3) is 5.76 Å². The number of benzene rings is 1. The van der Waals surface area contributed by atoms with Crippen molar-refractivity contribution in [3.63, 3.8) is 0 Å². The first-order valence-corrected chi connectivity index (χ1v) is 15.5. The number of rotatable bonds is 8. The van der Waals surface area contributed by atoms with Crippen LogP contribution in [-0.4, -0.2) is 139 Å². The molecule has 1 aliphatic heterocycles. The van der Waals surface area contributed by atoms with E-state index in [0.29, 0.717) is 11.3 Å². The van der Waals surface area contributed by atoms with Crippen molar-refractivity contribution < 1.29 is 39.6 Å². The number of likely N-dealkylation sites (N-methyl/N-ethyl adjacent to an activating group) is 2. The second kappa shape index (κ2) is 12.3. The number of fused-ring (bicyclic) bond motifs is 3. The smallest absolute Gasteiger partial charge is 0.259 e. The second-order valence-corrected chi connectivity index (χ2v) is 13.4.